The van der Waals surface area contributed by atoms with Gasteiger partial charge < -0.3 is 10.8 Å². The third kappa shape index (κ3) is 2.91. The molecule has 3 N–H and O–H groups in total. The molecule has 0 radical (unpaired) electrons. The number of rotatable bonds is 3. The first-order valence-corrected chi connectivity index (χ1v) is 6.82. The summed E-state index contributed by atoms with van der Waals surface area (Å²) in [4.78, 5) is 20.4. The maximum atomic E-state index is 10.9. The molecule has 0 saturated heterocycles. The Morgan fingerprint density at radius 1 is 1.20 bits per heavy atom. The van der Waals surface area contributed by atoms with Crippen LogP contribution in [0.25, 0.3) is 0 Å². The lowest BCUT2D eigenvalue weighted by molar-refractivity contribution is 0.0697. The molecule has 20 heavy (non-hydrogen) atoms. The quantitative estimate of drug-likeness (QED) is 0.667. The number of hydrogen-bond acceptors (Lipinski definition) is 5. The van der Waals surface area contributed by atoms with Gasteiger partial charge in [-0.1, -0.05) is 0 Å². The molecule has 6 heteroatoms. The first-order valence-electron chi connectivity index (χ1n) is 6.01. The molecular weight excluding hydrogens is 274 g/mol. The molecule has 1 heterocycles. The van der Waals surface area contributed by atoms with Crippen molar-refractivity contribution in [1.29, 1.82) is 0 Å². The van der Waals surface area contributed by atoms with Crippen LogP contribution < -0.4 is 5.73 Å². The highest BCUT2D eigenvalue weighted by Gasteiger charge is 2.10. The van der Waals surface area contributed by atoms with Gasteiger partial charge >= 0.3 is 5.97 Å². The van der Waals surface area contributed by atoms with E-state index in [1.54, 1.807) is 6.07 Å². The predicted molar refractivity (Wildman–Crippen MR) is 78.2 cm³/mol. The van der Waals surface area contributed by atoms with Crippen LogP contribution >= 0.6 is 11.8 Å². The largest absolute Gasteiger partial charge is 0.478 e. The maximum Gasteiger partial charge on any atom is 0.335 e. The summed E-state index contributed by atoms with van der Waals surface area (Å²) in [5.74, 6) is -0.994. The molecule has 1 aromatic carbocycles. The molecule has 0 bridgehead atoms. The van der Waals surface area contributed by atoms with Crippen LogP contribution in [0.1, 0.15) is 27.3 Å². The number of carboxylic acid groups (broad SMARTS) is 1. The monoisotopic (exact) mass is 289 g/mol. The zero-order valence-corrected chi connectivity index (χ0v) is 12.3. The van der Waals surface area contributed by atoms with Crippen LogP contribution in [0.5, 0.6) is 0 Å². The number of nitrogens with zero attached hydrogens (tertiary/aromatic N) is 2. The number of nitrogen functional groups attached to an aromatic ring is 1. The predicted octanol–water partition coefficient (Wildman–Crippen LogP) is 2.83. The van der Waals surface area contributed by atoms with Gasteiger partial charge in [0.05, 0.1) is 5.56 Å². The third-order valence-electron chi connectivity index (χ3n) is 3.07. The highest BCUT2D eigenvalue weighted by atomic mass is 32.2. The Kier molecular flexibility index (Phi) is 3.94. The molecule has 0 aliphatic rings. The highest BCUT2D eigenvalue weighted by molar-refractivity contribution is 7.99. The number of carboxylic acids is 1. The van der Waals surface area contributed by atoms with Crippen molar-refractivity contribution in [1.82, 2.24) is 9.97 Å². The second-order valence-corrected chi connectivity index (χ2v) is 5.47. The van der Waals surface area contributed by atoms with Gasteiger partial charge in [0.1, 0.15) is 0 Å². The summed E-state index contributed by atoms with van der Waals surface area (Å²) < 4.78 is 0. The minimum Gasteiger partial charge on any atom is -0.478 e. The molecule has 0 spiro atoms. The van der Waals surface area contributed by atoms with Gasteiger partial charge in [-0.3, -0.25) is 0 Å². The minimum absolute atomic E-state index is 0.170. The van der Waals surface area contributed by atoms with Crippen molar-refractivity contribution in [2.24, 2.45) is 0 Å². The average Bonchev–Trinajstić information content (AvgIpc) is 2.38. The maximum absolute atomic E-state index is 10.9. The molecule has 0 aliphatic carbocycles. The Morgan fingerprint density at radius 3 is 2.30 bits per heavy atom. The lowest BCUT2D eigenvalue weighted by Gasteiger charge is -2.08. The molecule has 2 rings (SSSR count). The lowest BCUT2D eigenvalue weighted by atomic mass is 10.2. The van der Waals surface area contributed by atoms with Crippen LogP contribution in [-0.2, 0) is 0 Å². The number of aryl methyl sites for hydroxylation is 2. The zero-order chi connectivity index (χ0) is 14.9. The zero-order valence-electron chi connectivity index (χ0n) is 11.5. The molecule has 0 amide bonds. The highest BCUT2D eigenvalue weighted by Crippen LogP contribution is 2.31. The summed E-state index contributed by atoms with van der Waals surface area (Å²) in [6, 6.07) is 4.64. The minimum atomic E-state index is -0.994. The van der Waals surface area contributed by atoms with Gasteiger partial charge in [0.25, 0.3) is 0 Å². The van der Waals surface area contributed by atoms with Gasteiger partial charge in [-0.15, -0.1) is 0 Å². The molecular formula is C14H15N3O2S. The van der Waals surface area contributed by atoms with Gasteiger partial charge in [0.2, 0.25) is 0 Å². The van der Waals surface area contributed by atoms with Crippen LogP contribution in [0.2, 0.25) is 0 Å². The molecule has 5 nitrogen and oxygen atoms in total. The Balaban J connectivity index is 2.33. The summed E-state index contributed by atoms with van der Waals surface area (Å²) in [5, 5.41) is 9.52. The van der Waals surface area contributed by atoms with E-state index in [2.05, 4.69) is 9.97 Å². The van der Waals surface area contributed by atoms with E-state index < -0.39 is 5.97 Å². The van der Waals surface area contributed by atoms with Crippen molar-refractivity contribution < 1.29 is 9.90 Å². The van der Waals surface area contributed by atoms with Gasteiger partial charge in [-0.05, 0) is 56.3 Å². The number of aromatic carboxylic acids is 1. The fourth-order valence-electron chi connectivity index (χ4n) is 1.66. The molecule has 0 saturated carbocycles. The van der Waals surface area contributed by atoms with Crippen LogP contribution in [0.4, 0.5) is 5.69 Å². The van der Waals surface area contributed by atoms with Crippen LogP contribution in [0.3, 0.4) is 0 Å². The number of nitrogens with two attached hydrogens (primary N) is 1. The molecule has 0 unspecified atom stereocenters. The normalized spacial score (nSPS) is 10.6. The van der Waals surface area contributed by atoms with E-state index in [-0.39, 0.29) is 5.56 Å². The average molecular weight is 289 g/mol. The first-order chi connectivity index (χ1) is 9.38. The summed E-state index contributed by atoms with van der Waals surface area (Å²) in [6.07, 6.45) is 0. The van der Waals surface area contributed by atoms with E-state index in [0.29, 0.717) is 10.8 Å². The van der Waals surface area contributed by atoms with Crippen LogP contribution in [0.15, 0.2) is 28.3 Å². The molecule has 0 atom stereocenters. The van der Waals surface area contributed by atoms with Gasteiger partial charge in [0, 0.05) is 22.0 Å². The summed E-state index contributed by atoms with van der Waals surface area (Å²) in [7, 11) is 0. The molecule has 0 fully saturated rings. The second-order valence-electron chi connectivity index (χ2n) is 4.46. The summed E-state index contributed by atoms with van der Waals surface area (Å²) >= 11 is 1.33. The summed E-state index contributed by atoms with van der Waals surface area (Å²) in [5.41, 5.74) is 9.39. The third-order valence-corrected chi connectivity index (χ3v) is 4.03. The van der Waals surface area contributed by atoms with Crippen LogP contribution in [-0.4, -0.2) is 21.0 Å². The fourth-order valence-corrected chi connectivity index (χ4v) is 2.53. The van der Waals surface area contributed by atoms with E-state index in [9.17, 15) is 4.79 Å². The van der Waals surface area contributed by atoms with E-state index in [4.69, 9.17) is 10.8 Å². The van der Waals surface area contributed by atoms with Crippen LogP contribution in [0, 0.1) is 20.8 Å². The van der Waals surface area contributed by atoms with Gasteiger partial charge in [-0.2, -0.15) is 0 Å². The van der Waals surface area contributed by atoms with Crippen molar-refractivity contribution in [2.45, 2.75) is 30.8 Å². The lowest BCUT2D eigenvalue weighted by Crippen LogP contribution is -2.00. The van der Waals surface area contributed by atoms with Gasteiger partial charge in [0.15, 0.2) is 5.16 Å². The molecule has 1 aromatic heterocycles. The second kappa shape index (κ2) is 5.50. The number of anilines is 1. The Labute approximate surface area is 121 Å². The molecule has 2 aromatic rings. The number of aromatic nitrogens is 2. The van der Waals surface area contributed by atoms with Crippen molar-refractivity contribution >= 4 is 23.4 Å². The summed E-state index contributed by atoms with van der Waals surface area (Å²) in [6.45, 7) is 5.85. The number of benzene rings is 1. The van der Waals surface area contributed by atoms with Crippen molar-refractivity contribution in [3.63, 3.8) is 0 Å². The van der Waals surface area contributed by atoms with Crippen molar-refractivity contribution in [2.75, 3.05) is 5.73 Å². The van der Waals surface area contributed by atoms with E-state index in [1.807, 2.05) is 20.8 Å². The Morgan fingerprint density at radius 2 is 1.80 bits per heavy atom. The SMILES string of the molecule is Cc1nc(Sc2ccc(C(=O)O)cc2N)nc(C)c1C. The van der Waals surface area contributed by atoms with Crippen molar-refractivity contribution in [3.05, 3.63) is 40.7 Å². The van der Waals surface area contributed by atoms with Gasteiger partial charge in [-0.25, -0.2) is 14.8 Å². The fraction of sp³-hybridized carbons (Fsp3) is 0.214. The number of carbonyl (C=O) groups is 1. The van der Waals surface area contributed by atoms with E-state index >= 15 is 0 Å². The Hall–Kier alpha value is -2.08. The van der Waals surface area contributed by atoms with Crippen molar-refractivity contribution in [3.8, 4) is 0 Å². The first kappa shape index (κ1) is 14.3. The van der Waals surface area contributed by atoms with E-state index in [0.717, 1.165) is 21.8 Å². The standard InChI is InChI=1S/C14H15N3O2S/c1-7-8(2)16-14(17-9(7)3)20-12-5-4-10(13(18)19)6-11(12)15/h4-6H,15H2,1-3H3,(H,18,19). The molecule has 0 aliphatic heterocycles. The number of hydrogen-bond donors (Lipinski definition) is 2. The molecule has 104 valence electrons. The van der Waals surface area contributed by atoms with E-state index in [1.165, 1.54) is 23.9 Å². The Bertz CT molecular complexity index is 663. The topological polar surface area (TPSA) is 89.1 Å². The smallest absolute Gasteiger partial charge is 0.335 e.